The SMILES string of the molecule is O=C(O)c1cc(Cl)c2nnc(C3CC3)n2c1. The molecule has 1 N–H and O–H groups in total. The summed E-state index contributed by atoms with van der Waals surface area (Å²) in [6.07, 6.45) is 3.68. The Labute approximate surface area is 95.7 Å². The third-order valence-corrected chi connectivity index (χ3v) is 2.95. The Balaban J connectivity index is 2.28. The molecule has 0 aliphatic heterocycles. The van der Waals surface area contributed by atoms with Gasteiger partial charge in [-0.25, -0.2) is 4.79 Å². The van der Waals surface area contributed by atoms with Crippen molar-refractivity contribution in [3.05, 3.63) is 28.7 Å². The molecule has 1 saturated carbocycles. The van der Waals surface area contributed by atoms with Crippen LogP contribution in [0.2, 0.25) is 5.02 Å². The molecular formula is C10H8ClN3O2. The van der Waals surface area contributed by atoms with Crippen LogP contribution in [0.15, 0.2) is 12.3 Å². The molecule has 1 fully saturated rings. The molecule has 0 spiro atoms. The predicted molar refractivity (Wildman–Crippen MR) is 56.9 cm³/mol. The summed E-state index contributed by atoms with van der Waals surface area (Å²) in [7, 11) is 0. The normalized spacial score (nSPS) is 15.6. The van der Waals surface area contributed by atoms with E-state index in [1.807, 2.05) is 0 Å². The monoisotopic (exact) mass is 237 g/mol. The summed E-state index contributed by atoms with van der Waals surface area (Å²) in [5.74, 6) is 0.203. The molecule has 0 atom stereocenters. The summed E-state index contributed by atoms with van der Waals surface area (Å²) in [6.45, 7) is 0. The van der Waals surface area contributed by atoms with E-state index < -0.39 is 5.97 Å². The van der Waals surface area contributed by atoms with E-state index >= 15 is 0 Å². The van der Waals surface area contributed by atoms with Crippen molar-refractivity contribution in [2.45, 2.75) is 18.8 Å². The van der Waals surface area contributed by atoms with Crippen molar-refractivity contribution in [1.29, 1.82) is 0 Å². The number of aromatic carboxylic acids is 1. The fourth-order valence-corrected chi connectivity index (χ4v) is 1.95. The molecule has 6 heteroatoms. The Morgan fingerprint density at radius 1 is 1.50 bits per heavy atom. The number of halogens is 1. The fraction of sp³-hybridized carbons (Fsp3) is 0.300. The standard InChI is InChI=1S/C10H8ClN3O2/c11-7-3-6(10(15)16)4-14-8(5-1-2-5)12-13-9(7)14/h3-5H,1-2H2,(H,15,16). The summed E-state index contributed by atoms with van der Waals surface area (Å²) >= 11 is 5.96. The molecule has 0 amide bonds. The number of hydrogen-bond donors (Lipinski definition) is 1. The highest BCUT2D eigenvalue weighted by molar-refractivity contribution is 6.33. The third-order valence-electron chi connectivity index (χ3n) is 2.68. The maximum absolute atomic E-state index is 10.9. The third kappa shape index (κ3) is 1.36. The second kappa shape index (κ2) is 3.18. The number of pyridine rings is 1. The van der Waals surface area contributed by atoms with Gasteiger partial charge in [-0.15, -0.1) is 10.2 Å². The van der Waals surface area contributed by atoms with Crippen molar-refractivity contribution >= 4 is 23.2 Å². The highest BCUT2D eigenvalue weighted by Gasteiger charge is 2.29. The summed E-state index contributed by atoms with van der Waals surface area (Å²) in [4.78, 5) is 10.9. The molecule has 16 heavy (non-hydrogen) atoms. The Morgan fingerprint density at radius 3 is 2.88 bits per heavy atom. The predicted octanol–water partition coefficient (Wildman–Crippen LogP) is 1.96. The molecule has 82 valence electrons. The first-order chi connectivity index (χ1) is 7.66. The van der Waals surface area contributed by atoms with Crippen LogP contribution in [0.3, 0.4) is 0 Å². The molecule has 3 rings (SSSR count). The van der Waals surface area contributed by atoms with Crippen LogP contribution >= 0.6 is 11.6 Å². The van der Waals surface area contributed by atoms with E-state index in [-0.39, 0.29) is 5.56 Å². The molecular weight excluding hydrogens is 230 g/mol. The van der Waals surface area contributed by atoms with E-state index in [0.29, 0.717) is 16.6 Å². The fourth-order valence-electron chi connectivity index (χ4n) is 1.71. The lowest BCUT2D eigenvalue weighted by molar-refractivity contribution is 0.0696. The first kappa shape index (κ1) is 9.59. The number of aromatic nitrogens is 3. The van der Waals surface area contributed by atoms with Gasteiger partial charge in [0.2, 0.25) is 0 Å². The Kier molecular flexibility index (Phi) is 1.91. The minimum absolute atomic E-state index is 0.152. The van der Waals surface area contributed by atoms with E-state index in [1.165, 1.54) is 12.3 Å². The number of rotatable bonds is 2. The Bertz CT molecular complexity index is 589. The number of fused-ring (bicyclic) bond motifs is 1. The average Bonchev–Trinajstić information content (AvgIpc) is 2.98. The zero-order valence-corrected chi connectivity index (χ0v) is 8.98. The second-order valence-electron chi connectivity index (χ2n) is 3.91. The molecule has 2 aromatic heterocycles. The molecule has 0 unspecified atom stereocenters. The molecule has 5 nitrogen and oxygen atoms in total. The first-order valence-electron chi connectivity index (χ1n) is 4.94. The van der Waals surface area contributed by atoms with E-state index in [1.54, 1.807) is 4.40 Å². The van der Waals surface area contributed by atoms with Gasteiger partial charge in [-0.05, 0) is 18.9 Å². The quantitative estimate of drug-likeness (QED) is 0.867. The molecule has 2 heterocycles. The molecule has 0 aromatic carbocycles. The maximum atomic E-state index is 10.9. The lowest BCUT2D eigenvalue weighted by Crippen LogP contribution is -2.01. The Hall–Kier alpha value is -1.62. The molecule has 1 aliphatic carbocycles. The lowest BCUT2D eigenvalue weighted by atomic mass is 10.3. The molecule has 2 aromatic rings. The van der Waals surface area contributed by atoms with E-state index in [0.717, 1.165) is 18.7 Å². The van der Waals surface area contributed by atoms with Crippen LogP contribution in [-0.4, -0.2) is 25.7 Å². The van der Waals surface area contributed by atoms with Crippen LogP contribution in [0.25, 0.3) is 5.65 Å². The van der Waals surface area contributed by atoms with Gasteiger partial charge in [-0.2, -0.15) is 0 Å². The van der Waals surface area contributed by atoms with Gasteiger partial charge in [0.1, 0.15) is 5.82 Å². The molecule has 1 aliphatic rings. The van der Waals surface area contributed by atoms with Crippen molar-refractivity contribution in [3.8, 4) is 0 Å². The van der Waals surface area contributed by atoms with Crippen molar-refractivity contribution in [2.24, 2.45) is 0 Å². The highest BCUT2D eigenvalue weighted by Crippen LogP contribution is 2.39. The van der Waals surface area contributed by atoms with Gasteiger partial charge in [-0.1, -0.05) is 11.6 Å². The largest absolute Gasteiger partial charge is 0.478 e. The highest BCUT2D eigenvalue weighted by atomic mass is 35.5. The van der Waals surface area contributed by atoms with Crippen LogP contribution in [0, 0.1) is 0 Å². The summed E-state index contributed by atoms with van der Waals surface area (Å²) in [6, 6.07) is 1.39. The summed E-state index contributed by atoms with van der Waals surface area (Å²) < 4.78 is 1.68. The van der Waals surface area contributed by atoms with E-state index in [9.17, 15) is 4.79 Å². The van der Waals surface area contributed by atoms with Gasteiger partial charge >= 0.3 is 5.97 Å². The summed E-state index contributed by atoms with van der Waals surface area (Å²) in [5, 5.41) is 17.3. The van der Waals surface area contributed by atoms with Crippen LogP contribution in [0.4, 0.5) is 0 Å². The van der Waals surface area contributed by atoms with Crippen molar-refractivity contribution < 1.29 is 9.90 Å². The second-order valence-corrected chi connectivity index (χ2v) is 4.32. The minimum atomic E-state index is -1.00. The van der Waals surface area contributed by atoms with Crippen LogP contribution < -0.4 is 0 Å². The van der Waals surface area contributed by atoms with Crippen molar-refractivity contribution in [2.75, 3.05) is 0 Å². The number of nitrogens with zero attached hydrogens (tertiary/aromatic N) is 3. The van der Waals surface area contributed by atoms with Crippen molar-refractivity contribution in [3.63, 3.8) is 0 Å². The summed E-state index contributed by atoms with van der Waals surface area (Å²) in [5.41, 5.74) is 0.674. The molecule has 0 radical (unpaired) electrons. The maximum Gasteiger partial charge on any atom is 0.337 e. The average molecular weight is 238 g/mol. The van der Waals surface area contributed by atoms with Crippen molar-refractivity contribution in [1.82, 2.24) is 14.6 Å². The zero-order chi connectivity index (χ0) is 11.3. The van der Waals surface area contributed by atoms with Gasteiger partial charge in [0.25, 0.3) is 0 Å². The first-order valence-corrected chi connectivity index (χ1v) is 5.32. The zero-order valence-electron chi connectivity index (χ0n) is 8.22. The van der Waals surface area contributed by atoms with Crippen LogP contribution in [-0.2, 0) is 0 Å². The number of hydrogen-bond acceptors (Lipinski definition) is 3. The van der Waals surface area contributed by atoms with Gasteiger partial charge in [0.15, 0.2) is 5.65 Å². The van der Waals surface area contributed by atoms with E-state index in [4.69, 9.17) is 16.7 Å². The molecule has 0 bridgehead atoms. The number of carboxylic acid groups (broad SMARTS) is 1. The van der Waals surface area contributed by atoms with Gasteiger partial charge in [0, 0.05) is 12.1 Å². The van der Waals surface area contributed by atoms with Gasteiger partial charge in [0.05, 0.1) is 10.6 Å². The van der Waals surface area contributed by atoms with Crippen LogP contribution in [0.1, 0.15) is 34.9 Å². The minimum Gasteiger partial charge on any atom is -0.478 e. The van der Waals surface area contributed by atoms with Crippen LogP contribution in [0.5, 0.6) is 0 Å². The smallest absolute Gasteiger partial charge is 0.337 e. The molecule has 0 saturated heterocycles. The Morgan fingerprint density at radius 2 is 2.25 bits per heavy atom. The lowest BCUT2D eigenvalue weighted by Gasteiger charge is -2.01. The van der Waals surface area contributed by atoms with E-state index in [2.05, 4.69) is 10.2 Å². The number of carboxylic acids is 1. The van der Waals surface area contributed by atoms with Gasteiger partial charge in [-0.3, -0.25) is 4.40 Å². The topological polar surface area (TPSA) is 67.5 Å². The van der Waals surface area contributed by atoms with Gasteiger partial charge < -0.3 is 5.11 Å². The number of carbonyl (C=O) groups is 1.